The van der Waals surface area contributed by atoms with Gasteiger partial charge in [0.05, 0.1) is 0 Å². The van der Waals surface area contributed by atoms with Crippen molar-refractivity contribution in [3.05, 3.63) is 0 Å². The smallest absolute Gasteiger partial charge is 0.315 e. The number of rotatable bonds is 7. The summed E-state index contributed by atoms with van der Waals surface area (Å²) in [6.45, 7) is 2.69. The molecule has 0 aliphatic carbocycles. The monoisotopic (exact) mass is 220 g/mol. The van der Waals surface area contributed by atoms with Crippen LogP contribution in [0.2, 0.25) is 0 Å². The van der Waals surface area contributed by atoms with Crippen molar-refractivity contribution < 1.29 is 9.90 Å². The lowest BCUT2D eigenvalue weighted by Gasteiger charge is -2.15. The summed E-state index contributed by atoms with van der Waals surface area (Å²) in [5.74, 6) is 0.934. The van der Waals surface area contributed by atoms with Gasteiger partial charge in [0.15, 0.2) is 0 Å². The van der Waals surface area contributed by atoms with E-state index in [0.29, 0.717) is 13.0 Å². The molecule has 4 nitrogen and oxygen atoms in total. The van der Waals surface area contributed by atoms with E-state index in [1.54, 1.807) is 11.8 Å². The van der Waals surface area contributed by atoms with Crippen LogP contribution in [0.4, 0.5) is 4.79 Å². The first-order chi connectivity index (χ1) is 6.74. The molecule has 0 saturated carbocycles. The Hall–Kier alpha value is -0.420. The van der Waals surface area contributed by atoms with Gasteiger partial charge in [-0.25, -0.2) is 4.79 Å². The predicted octanol–water partition coefficient (Wildman–Crippen LogP) is 0.810. The average molecular weight is 220 g/mol. The molecule has 14 heavy (non-hydrogen) atoms. The molecule has 0 aromatic heterocycles. The zero-order valence-electron chi connectivity index (χ0n) is 8.88. The summed E-state index contributed by atoms with van der Waals surface area (Å²) >= 11 is 1.72. The molecule has 0 aromatic rings. The highest BCUT2D eigenvalue weighted by atomic mass is 32.2. The molecule has 0 bridgehead atoms. The highest BCUT2D eigenvalue weighted by molar-refractivity contribution is 7.98. The molecule has 0 saturated heterocycles. The molecule has 0 radical (unpaired) electrons. The highest BCUT2D eigenvalue weighted by Crippen LogP contribution is 2.00. The summed E-state index contributed by atoms with van der Waals surface area (Å²) in [5, 5.41) is 14.1. The second-order valence-electron chi connectivity index (χ2n) is 3.04. The maximum Gasteiger partial charge on any atom is 0.315 e. The Bertz CT molecular complexity index is 156. The van der Waals surface area contributed by atoms with Gasteiger partial charge in [0.1, 0.15) is 0 Å². The molecule has 1 unspecified atom stereocenters. The van der Waals surface area contributed by atoms with E-state index in [2.05, 4.69) is 17.6 Å². The molecule has 1 atom stereocenters. The molecule has 0 heterocycles. The van der Waals surface area contributed by atoms with Crippen LogP contribution in [0, 0.1) is 0 Å². The first-order valence-corrected chi connectivity index (χ1v) is 6.28. The van der Waals surface area contributed by atoms with Crippen molar-refractivity contribution in [2.75, 3.05) is 25.2 Å². The zero-order valence-corrected chi connectivity index (χ0v) is 9.69. The summed E-state index contributed by atoms with van der Waals surface area (Å²) in [7, 11) is 0. The van der Waals surface area contributed by atoms with Crippen LogP contribution in [0.15, 0.2) is 0 Å². The van der Waals surface area contributed by atoms with Gasteiger partial charge in [0.2, 0.25) is 0 Å². The SMILES string of the molecule is CCC(CSC)NC(=O)NCCCO. The van der Waals surface area contributed by atoms with Gasteiger partial charge in [-0.3, -0.25) is 0 Å². The lowest BCUT2D eigenvalue weighted by atomic mass is 10.3. The molecular weight excluding hydrogens is 200 g/mol. The van der Waals surface area contributed by atoms with Crippen LogP contribution in [-0.4, -0.2) is 42.3 Å². The summed E-state index contributed by atoms with van der Waals surface area (Å²) in [5.41, 5.74) is 0. The Kier molecular flexibility index (Phi) is 8.87. The van der Waals surface area contributed by atoms with Gasteiger partial charge in [0.25, 0.3) is 0 Å². The van der Waals surface area contributed by atoms with Gasteiger partial charge < -0.3 is 15.7 Å². The van der Waals surface area contributed by atoms with E-state index in [-0.39, 0.29) is 18.7 Å². The van der Waals surface area contributed by atoms with E-state index in [1.165, 1.54) is 0 Å². The van der Waals surface area contributed by atoms with Crippen molar-refractivity contribution in [1.82, 2.24) is 10.6 Å². The molecule has 3 N–H and O–H groups in total. The fraction of sp³-hybridized carbons (Fsp3) is 0.889. The average Bonchev–Trinajstić information content (AvgIpc) is 2.17. The zero-order chi connectivity index (χ0) is 10.8. The van der Waals surface area contributed by atoms with Crippen molar-refractivity contribution in [2.45, 2.75) is 25.8 Å². The number of aliphatic hydroxyl groups is 1. The lowest BCUT2D eigenvalue weighted by molar-refractivity contribution is 0.235. The van der Waals surface area contributed by atoms with E-state index in [1.807, 2.05) is 6.26 Å². The number of amides is 2. The number of aliphatic hydroxyl groups excluding tert-OH is 1. The topological polar surface area (TPSA) is 61.4 Å². The molecule has 0 fully saturated rings. The van der Waals surface area contributed by atoms with Crippen molar-refractivity contribution >= 4 is 17.8 Å². The van der Waals surface area contributed by atoms with Crippen LogP contribution in [0.1, 0.15) is 19.8 Å². The van der Waals surface area contributed by atoms with Gasteiger partial charge in [-0.1, -0.05) is 6.92 Å². The van der Waals surface area contributed by atoms with Gasteiger partial charge >= 0.3 is 6.03 Å². The fourth-order valence-electron chi connectivity index (χ4n) is 0.980. The van der Waals surface area contributed by atoms with Crippen LogP contribution in [0.25, 0.3) is 0 Å². The third-order valence-electron chi connectivity index (χ3n) is 1.82. The number of carbonyl (C=O) groups is 1. The molecule has 0 aromatic carbocycles. The lowest BCUT2D eigenvalue weighted by Crippen LogP contribution is -2.43. The largest absolute Gasteiger partial charge is 0.396 e. The normalized spacial score (nSPS) is 12.2. The van der Waals surface area contributed by atoms with Crippen molar-refractivity contribution in [1.29, 1.82) is 0 Å². The molecule has 0 spiro atoms. The highest BCUT2D eigenvalue weighted by Gasteiger charge is 2.08. The molecule has 5 heteroatoms. The summed E-state index contributed by atoms with van der Waals surface area (Å²) in [4.78, 5) is 11.2. The molecule has 2 amide bonds. The number of urea groups is 1. The molecule has 0 aliphatic heterocycles. The minimum absolute atomic E-state index is 0.113. The number of nitrogens with one attached hydrogen (secondary N) is 2. The van der Waals surface area contributed by atoms with E-state index in [4.69, 9.17) is 5.11 Å². The van der Waals surface area contributed by atoms with Crippen LogP contribution >= 0.6 is 11.8 Å². The van der Waals surface area contributed by atoms with Crippen molar-refractivity contribution in [3.8, 4) is 0 Å². The van der Waals surface area contributed by atoms with Crippen molar-refractivity contribution in [3.63, 3.8) is 0 Å². The van der Waals surface area contributed by atoms with Gasteiger partial charge in [-0.05, 0) is 19.1 Å². The van der Waals surface area contributed by atoms with Gasteiger partial charge in [0, 0.05) is 24.9 Å². The van der Waals surface area contributed by atoms with Gasteiger partial charge in [-0.2, -0.15) is 11.8 Å². The maximum absolute atomic E-state index is 11.2. The van der Waals surface area contributed by atoms with Crippen LogP contribution in [0.5, 0.6) is 0 Å². The second kappa shape index (κ2) is 9.15. The summed E-state index contributed by atoms with van der Waals surface area (Å²) in [6, 6.07) is 0.0958. The fourth-order valence-corrected chi connectivity index (χ4v) is 1.70. The number of thioether (sulfide) groups is 1. The quantitative estimate of drug-likeness (QED) is 0.556. The van der Waals surface area contributed by atoms with Crippen LogP contribution < -0.4 is 10.6 Å². The minimum Gasteiger partial charge on any atom is -0.396 e. The Morgan fingerprint density at radius 1 is 1.57 bits per heavy atom. The number of hydrogen-bond donors (Lipinski definition) is 3. The second-order valence-corrected chi connectivity index (χ2v) is 3.95. The van der Waals surface area contributed by atoms with E-state index < -0.39 is 0 Å². The molecule has 0 aliphatic rings. The Morgan fingerprint density at radius 2 is 2.29 bits per heavy atom. The third kappa shape index (κ3) is 7.03. The Morgan fingerprint density at radius 3 is 2.79 bits per heavy atom. The van der Waals surface area contributed by atoms with Crippen LogP contribution in [-0.2, 0) is 0 Å². The summed E-state index contributed by atoms with van der Waals surface area (Å²) < 4.78 is 0. The standard InChI is InChI=1S/C9H20N2O2S/c1-3-8(7-14-2)11-9(13)10-5-4-6-12/h8,12H,3-7H2,1-2H3,(H2,10,11,13). The first kappa shape index (κ1) is 13.6. The number of carbonyl (C=O) groups excluding carboxylic acids is 1. The molecule has 84 valence electrons. The van der Waals surface area contributed by atoms with Crippen LogP contribution in [0.3, 0.4) is 0 Å². The van der Waals surface area contributed by atoms with E-state index in [0.717, 1.165) is 12.2 Å². The Balaban J connectivity index is 3.56. The van der Waals surface area contributed by atoms with Crippen molar-refractivity contribution in [2.24, 2.45) is 0 Å². The first-order valence-electron chi connectivity index (χ1n) is 4.88. The number of hydrogen-bond acceptors (Lipinski definition) is 3. The maximum atomic E-state index is 11.2. The van der Waals surface area contributed by atoms with Gasteiger partial charge in [-0.15, -0.1) is 0 Å². The predicted molar refractivity (Wildman–Crippen MR) is 60.7 cm³/mol. The summed E-state index contributed by atoms with van der Waals surface area (Å²) in [6.07, 6.45) is 3.56. The van der Waals surface area contributed by atoms with E-state index >= 15 is 0 Å². The molecule has 0 rings (SSSR count). The molecular formula is C9H20N2O2S. The van der Waals surface area contributed by atoms with E-state index in [9.17, 15) is 4.79 Å². The Labute approximate surface area is 89.8 Å². The third-order valence-corrected chi connectivity index (χ3v) is 2.55. The minimum atomic E-state index is -0.139.